The summed E-state index contributed by atoms with van der Waals surface area (Å²) in [4.78, 5) is 65.4. The highest BCUT2D eigenvalue weighted by molar-refractivity contribution is 5.96. The Kier molecular flexibility index (Phi) is 12.5. The van der Waals surface area contributed by atoms with Crippen molar-refractivity contribution in [1.82, 2.24) is 21.3 Å². The summed E-state index contributed by atoms with van der Waals surface area (Å²) >= 11 is 0. The highest BCUT2D eigenvalue weighted by atomic mass is 16.4. The van der Waals surface area contributed by atoms with E-state index in [2.05, 4.69) is 26.3 Å². The van der Waals surface area contributed by atoms with E-state index in [9.17, 15) is 29.1 Å². The molecule has 1 aliphatic rings. The Balaban J connectivity index is 2.98. The predicted molar refractivity (Wildman–Crippen MR) is 128 cm³/mol. The summed E-state index contributed by atoms with van der Waals surface area (Å²) in [6.07, 6.45) is 1.85. The van der Waals surface area contributed by atoms with E-state index in [0.29, 0.717) is 25.8 Å². The summed E-state index contributed by atoms with van der Waals surface area (Å²) in [5, 5.41) is 19.9. The van der Waals surface area contributed by atoms with Crippen molar-refractivity contribution >= 4 is 35.6 Å². The van der Waals surface area contributed by atoms with Gasteiger partial charge < -0.3 is 43.6 Å². The second kappa shape index (κ2) is 14.8. The van der Waals surface area contributed by atoms with Gasteiger partial charge in [0.15, 0.2) is 5.96 Å². The molecule has 5 unspecified atom stereocenters. The van der Waals surface area contributed by atoms with Crippen LogP contribution in [0.1, 0.15) is 52.4 Å². The SMILES string of the molecule is CCC(C)C(NC(=O)C(CC(N)=O)NC(=O)C(CCCN=C(N)N)NC(=O)C1CCCN1)C(=O)O. The second-order valence-corrected chi connectivity index (χ2v) is 8.60. The van der Waals surface area contributed by atoms with E-state index in [0.717, 1.165) is 6.42 Å². The fraction of sp³-hybridized carbons (Fsp3) is 0.714. The van der Waals surface area contributed by atoms with E-state index in [1.807, 2.05) is 0 Å². The molecule has 11 N–H and O–H groups in total. The molecule has 0 aromatic rings. The number of aliphatic carboxylic acids is 1. The minimum absolute atomic E-state index is 0.113. The first-order chi connectivity index (χ1) is 16.5. The Bertz CT molecular complexity index is 795. The summed E-state index contributed by atoms with van der Waals surface area (Å²) in [5.41, 5.74) is 15.9. The first-order valence-corrected chi connectivity index (χ1v) is 11.7. The molecule has 1 heterocycles. The highest BCUT2D eigenvalue weighted by Gasteiger charge is 2.33. The van der Waals surface area contributed by atoms with Crippen molar-refractivity contribution in [2.45, 2.75) is 76.5 Å². The molecule has 1 rings (SSSR count). The van der Waals surface area contributed by atoms with Crippen LogP contribution in [0, 0.1) is 5.92 Å². The van der Waals surface area contributed by atoms with Gasteiger partial charge in [0, 0.05) is 6.54 Å². The van der Waals surface area contributed by atoms with Crippen LogP contribution in [-0.4, -0.2) is 77.9 Å². The molecule has 35 heavy (non-hydrogen) atoms. The van der Waals surface area contributed by atoms with Crippen molar-refractivity contribution in [3.8, 4) is 0 Å². The number of nitrogens with two attached hydrogens (primary N) is 3. The maximum Gasteiger partial charge on any atom is 0.326 e. The van der Waals surface area contributed by atoms with Crippen molar-refractivity contribution in [2.24, 2.45) is 28.1 Å². The molecule has 0 spiro atoms. The molecule has 0 aromatic heterocycles. The monoisotopic (exact) mass is 498 g/mol. The lowest BCUT2D eigenvalue weighted by Gasteiger charge is -2.26. The van der Waals surface area contributed by atoms with Gasteiger partial charge in [-0.3, -0.25) is 24.2 Å². The van der Waals surface area contributed by atoms with E-state index >= 15 is 0 Å². The number of carbonyl (C=O) groups excluding carboxylic acids is 4. The molecule has 0 saturated carbocycles. The molecule has 1 fully saturated rings. The lowest BCUT2D eigenvalue weighted by Crippen LogP contribution is -2.58. The van der Waals surface area contributed by atoms with Crippen molar-refractivity contribution in [3.63, 3.8) is 0 Å². The first-order valence-electron chi connectivity index (χ1n) is 11.7. The average molecular weight is 499 g/mol. The van der Waals surface area contributed by atoms with E-state index in [1.165, 1.54) is 0 Å². The number of hydrogen-bond donors (Lipinski definition) is 8. The standard InChI is InChI=1S/C21H38N8O6/c1-3-11(2)16(20(34)35)29-19(33)14(10-15(22)30)28-18(32)13(7-5-9-26-21(23)24)27-17(31)12-6-4-8-25-12/h11-14,16,25H,3-10H2,1-2H3,(H2,22,30)(H,27,31)(H,28,32)(H,29,33)(H,34,35)(H4,23,24,26). The number of rotatable bonds is 15. The number of amides is 4. The van der Waals surface area contributed by atoms with Crippen molar-refractivity contribution < 1.29 is 29.1 Å². The number of hydrogen-bond acceptors (Lipinski definition) is 7. The third-order valence-corrected chi connectivity index (χ3v) is 5.77. The number of nitrogens with zero attached hydrogens (tertiary/aromatic N) is 1. The summed E-state index contributed by atoms with van der Waals surface area (Å²) in [7, 11) is 0. The summed E-state index contributed by atoms with van der Waals surface area (Å²) < 4.78 is 0. The van der Waals surface area contributed by atoms with Gasteiger partial charge in [0.25, 0.3) is 0 Å². The molecule has 1 aliphatic heterocycles. The zero-order valence-electron chi connectivity index (χ0n) is 20.2. The van der Waals surface area contributed by atoms with Gasteiger partial charge in [0.2, 0.25) is 23.6 Å². The molecule has 198 valence electrons. The molecule has 0 radical (unpaired) electrons. The van der Waals surface area contributed by atoms with Crippen LogP contribution >= 0.6 is 0 Å². The van der Waals surface area contributed by atoms with Crippen molar-refractivity contribution in [1.29, 1.82) is 0 Å². The van der Waals surface area contributed by atoms with Crippen molar-refractivity contribution in [2.75, 3.05) is 13.1 Å². The Morgan fingerprint density at radius 3 is 2.23 bits per heavy atom. The second-order valence-electron chi connectivity index (χ2n) is 8.60. The first kappa shape index (κ1) is 29.6. The van der Waals surface area contributed by atoms with Crippen LogP contribution in [0.3, 0.4) is 0 Å². The van der Waals surface area contributed by atoms with Gasteiger partial charge in [0.1, 0.15) is 18.1 Å². The minimum Gasteiger partial charge on any atom is -0.480 e. The number of carboxylic acid groups (broad SMARTS) is 1. The molecule has 14 nitrogen and oxygen atoms in total. The van der Waals surface area contributed by atoms with Gasteiger partial charge in [-0.2, -0.15) is 0 Å². The van der Waals surface area contributed by atoms with E-state index in [1.54, 1.807) is 13.8 Å². The Morgan fingerprint density at radius 2 is 1.71 bits per heavy atom. The number of nitrogens with one attached hydrogen (secondary N) is 4. The van der Waals surface area contributed by atoms with Gasteiger partial charge in [0.05, 0.1) is 12.5 Å². The normalized spacial score (nSPS) is 18.4. The van der Waals surface area contributed by atoms with Gasteiger partial charge in [-0.15, -0.1) is 0 Å². The molecule has 0 aliphatic carbocycles. The zero-order chi connectivity index (χ0) is 26.5. The third-order valence-electron chi connectivity index (χ3n) is 5.77. The average Bonchev–Trinajstić information content (AvgIpc) is 3.32. The molecule has 5 atom stereocenters. The van der Waals surface area contributed by atoms with Crippen LogP contribution < -0.4 is 38.5 Å². The van der Waals surface area contributed by atoms with Crippen LogP contribution in [0.15, 0.2) is 4.99 Å². The Labute approximate surface area is 204 Å². The molecule has 4 amide bonds. The van der Waals surface area contributed by atoms with Crippen molar-refractivity contribution in [3.05, 3.63) is 0 Å². The van der Waals surface area contributed by atoms with Crippen LogP contribution in [0.5, 0.6) is 0 Å². The summed E-state index contributed by atoms with van der Waals surface area (Å²) in [6, 6.07) is -4.14. The maximum atomic E-state index is 13.0. The minimum atomic E-state index is -1.42. The fourth-order valence-electron chi connectivity index (χ4n) is 3.57. The quantitative estimate of drug-likeness (QED) is 0.0661. The molecule has 0 aromatic carbocycles. The highest BCUT2D eigenvalue weighted by Crippen LogP contribution is 2.10. The van der Waals surface area contributed by atoms with Gasteiger partial charge >= 0.3 is 5.97 Å². The molecular weight excluding hydrogens is 460 g/mol. The number of guanidine groups is 1. The van der Waals surface area contributed by atoms with E-state index < -0.39 is 60.2 Å². The van der Waals surface area contributed by atoms with Gasteiger partial charge in [-0.25, -0.2) is 4.79 Å². The van der Waals surface area contributed by atoms with Crippen LogP contribution in [-0.2, 0) is 24.0 Å². The largest absolute Gasteiger partial charge is 0.480 e. The summed E-state index contributed by atoms with van der Waals surface area (Å²) in [5.74, 6) is -4.59. The topological polar surface area (TPSA) is 244 Å². The summed E-state index contributed by atoms with van der Waals surface area (Å²) in [6.45, 7) is 4.31. The van der Waals surface area contributed by atoms with Crippen LogP contribution in [0.4, 0.5) is 0 Å². The number of carboxylic acids is 1. The van der Waals surface area contributed by atoms with E-state index in [-0.39, 0.29) is 24.8 Å². The Hall–Kier alpha value is -3.42. The predicted octanol–water partition coefficient (Wildman–Crippen LogP) is -2.75. The lowest BCUT2D eigenvalue weighted by molar-refractivity contribution is -0.144. The smallest absolute Gasteiger partial charge is 0.326 e. The molecular formula is C21H38N8O6. The third kappa shape index (κ3) is 10.6. The fourth-order valence-corrected chi connectivity index (χ4v) is 3.57. The van der Waals surface area contributed by atoms with Gasteiger partial charge in [-0.05, 0) is 38.1 Å². The van der Waals surface area contributed by atoms with Crippen LogP contribution in [0.2, 0.25) is 0 Å². The van der Waals surface area contributed by atoms with Gasteiger partial charge in [-0.1, -0.05) is 20.3 Å². The number of primary amides is 1. The van der Waals surface area contributed by atoms with Crippen LogP contribution in [0.25, 0.3) is 0 Å². The molecule has 0 bridgehead atoms. The zero-order valence-corrected chi connectivity index (χ0v) is 20.2. The lowest BCUT2D eigenvalue weighted by atomic mass is 9.98. The number of carbonyl (C=O) groups is 5. The Morgan fingerprint density at radius 1 is 1.06 bits per heavy atom. The van der Waals surface area contributed by atoms with E-state index in [4.69, 9.17) is 17.2 Å². The molecule has 14 heteroatoms. The number of aliphatic imine (C=N–C) groups is 1. The maximum absolute atomic E-state index is 13.0. The molecule has 1 saturated heterocycles.